The number of benzene rings is 2. The Kier molecular flexibility index (Phi) is 5.22. The van der Waals surface area contributed by atoms with Gasteiger partial charge in [0.2, 0.25) is 0 Å². The van der Waals surface area contributed by atoms with E-state index in [1.807, 2.05) is 56.3 Å². The van der Waals surface area contributed by atoms with Gasteiger partial charge in [-0.15, -0.1) is 0 Å². The number of likely N-dealkylation sites (N-methyl/N-ethyl adjacent to an activating group) is 1. The maximum Gasteiger partial charge on any atom is 0.253 e. The summed E-state index contributed by atoms with van der Waals surface area (Å²) in [4.78, 5) is 13.8. The molecule has 2 aromatic carbocycles. The lowest BCUT2D eigenvalue weighted by atomic mass is 10.0. The van der Waals surface area contributed by atoms with E-state index in [1.165, 1.54) is 0 Å². The number of hydrogen-bond acceptors (Lipinski definition) is 2. The first-order chi connectivity index (χ1) is 10.4. The maximum absolute atomic E-state index is 12.3. The molecule has 0 heterocycles. The van der Waals surface area contributed by atoms with Gasteiger partial charge >= 0.3 is 0 Å². The molecule has 1 atom stereocenters. The summed E-state index contributed by atoms with van der Waals surface area (Å²) in [7, 11) is 1.69. The number of nitrogens with zero attached hydrogens (tertiary/aromatic N) is 1. The minimum absolute atomic E-state index is 0.0512. The summed E-state index contributed by atoms with van der Waals surface area (Å²) in [5, 5.41) is 9.88. The maximum atomic E-state index is 12.3. The fourth-order valence-electron chi connectivity index (χ4n) is 2.16. The number of amides is 1. The van der Waals surface area contributed by atoms with Crippen molar-refractivity contribution in [2.45, 2.75) is 19.9 Å². The Morgan fingerprint density at radius 2 is 1.77 bits per heavy atom. The van der Waals surface area contributed by atoms with Gasteiger partial charge in [0.15, 0.2) is 0 Å². The number of rotatable bonds is 4. The Labute approximate surface area is 136 Å². The van der Waals surface area contributed by atoms with Gasteiger partial charge in [0.05, 0.1) is 12.6 Å². The number of carbonyl (C=O) groups excluding carboxylic acids is 1. The SMILES string of the molecule is Cc1cc(-c2ccc(C(=O)N(C)[C@@H](C)CO)cc2)ccc1Cl. The summed E-state index contributed by atoms with van der Waals surface area (Å²) >= 11 is 6.04. The highest BCUT2D eigenvalue weighted by Crippen LogP contribution is 2.25. The number of hydrogen-bond donors (Lipinski definition) is 1. The average molecular weight is 318 g/mol. The average Bonchev–Trinajstić information content (AvgIpc) is 2.55. The topological polar surface area (TPSA) is 40.5 Å². The van der Waals surface area contributed by atoms with Crippen LogP contribution in [-0.4, -0.2) is 35.6 Å². The number of aryl methyl sites for hydroxylation is 1. The molecule has 3 nitrogen and oxygen atoms in total. The molecule has 1 amide bonds. The molecule has 0 unspecified atom stereocenters. The highest BCUT2D eigenvalue weighted by molar-refractivity contribution is 6.31. The first-order valence-corrected chi connectivity index (χ1v) is 7.56. The van der Waals surface area contributed by atoms with Crippen LogP contribution >= 0.6 is 11.6 Å². The van der Waals surface area contributed by atoms with Crippen molar-refractivity contribution in [2.75, 3.05) is 13.7 Å². The van der Waals surface area contributed by atoms with Gasteiger partial charge in [0, 0.05) is 17.6 Å². The second kappa shape index (κ2) is 6.95. The zero-order valence-corrected chi connectivity index (χ0v) is 13.8. The van der Waals surface area contributed by atoms with Gasteiger partial charge in [-0.2, -0.15) is 0 Å². The van der Waals surface area contributed by atoms with E-state index in [9.17, 15) is 4.79 Å². The molecule has 2 rings (SSSR count). The summed E-state index contributed by atoms with van der Waals surface area (Å²) in [6, 6.07) is 13.1. The largest absolute Gasteiger partial charge is 0.394 e. The second-order valence-corrected chi connectivity index (χ2v) is 5.90. The van der Waals surface area contributed by atoms with Crippen LogP contribution in [0.4, 0.5) is 0 Å². The van der Waals surface area contributed by atoms with E-state index in [-0.39, 0.29) is 18.6 Å². The number of carbonyl (C=O) groups is 1. The van der Waals surface area contributed by atoms with E-state index >= 15 is 0 Å². The Balaban J connectivity index is 2.23. The molecule has 0 aliphatic heterocycles. The number of aliphatic hydroxyl groups excluding tert-OH is 1. The Morgan fingerprint density at radius 1 is 1.18 bits per heavy atom. The molecule has 1 N–H and O–H groups in total. The van der Waals surface area contributed by atoms with E-state index < -0.39 is 0 Å². The second-order valence-electron chi connectivity index (χ2n) is 5.49. The lowest BCUT2D eigenvalue weighted by Gasteiger charge is -2.23. The van der Waals surface area contributed by atoms with Gasteiger partial charge < -0.3 is 10.0 Å². The summed E-state index contributed by atoms with van der Waals surface area (Å²) in [5.74, 6) is -0.0969. The Bertz CT molecular complexity index is 667. The molecule has 0 spiro atoms. The standard InChI is InChI=1S/C18H20ClNO2/c1-12-10-16(8-9-17(12)19)14-4-6-15(7-5-14)18(22)20(3)13(2)11-21/h4-10,13,21H,11H2,1-3H3/t13-/m0/s1. The normalized spacial score (nSPS) is 12.0. The number of halogens is 1. The molecule has 4 heteroatoms. The van der Waals surface area contributed by atoms with E-state index in [2.05, 4.69) is 0 Å². The molecular formula is C18H20ClNO2. The Morgan fingerprint density at radius 3 is 2.32 bits per heavy atom. The summed E-state index contributed by atoms with van der Waals surface area (Å²) in [6.07, 6.45) is 0. The van der Waals surface area contributed by atoms with E-state index in [4.69, 9.17) is 16.7 Å². The van der Waals surface area contributed by atoms with Crippen LogP contribution in [0.1, 0.15) is 22.8 Å². The summed E-state index contributed by atoms with van der Waals surface area (Å²) < 4.78 is 0. The molecule has 0 saturated heterocycles. The van der Waals surface area contributed by atoms with Gasteiger partial charge in [-0.1, -0.05) is 29.8 Å². The van der Waals surface area contributed by atoms with Gasteiger partial charge in [-0.05, 0) is 54.8 Å². The molecule has 2 aromatic rings. The summed E-state index contributed by atoms with van der Waals surface area (Å²) in [6.45, 7) is 3.72. The highest BCUT2D eigenvalue weighted by atomic mass is 35.5. The molecule has 0 aliphatic carbocycles. The Hall–Kier alpha value is -1.84. The fraction of sp³-hybridized carbons (Fsp3) is 0.278. The van der Waals surface area contributed by atoms with Crippen molar-refractivity contribution in [3.05, 3.63) is 58.6 Å². The molecule has 0 radical (unpaired) electrons. The smallest absolute Gasteiger partial charge is 0.253 e. The third kappa shape index (κ3) is 3.49. The predicted molar refractivity (Wildman–Crippen MR) is 90.3 cm³/mol. The summed E-state index contributed by atoms with van der Waals surface area (Å²) in [5.41, 5.74) is 3.74. The molecule has 0 bridgehead atoms. The van der Waals surface area contributed by atoms with Gasteiger partial charge in [-0.25, -0.2) is 0 Å². The molecule has 22 heavy (non-hydrogen) atoms. The monoisotopic (exact) mass is 317 g/mol. The van der Waals surface area contributed by atoms with Crippen molar-refractivity contribution in [2.24, 2.45) is 0 Å². The van der Waals surface area contributed by atoms with Crippen LogP contribution < -0.4 is 0 Å². The predicted octanol–water partition coefficient (Wildman–Crippen LogP) is 3.77. The number of aliphatic hydroxyl groups is 1. The lowest BCUT2D eigenvalue weighted by Crippen LogP contribution is -2.37. The van der Waals surface area contributed by atoms with Crippen molar-refractivity contribution in [1.29, 1.82) is 0 Å². The van der Waals surface area contributed by atoms with E-state index in [1.54, 1.807) is 11.9 Å². The lowest BCUT2D eigenvalue weighted by molar-refractivity contribution is 0.0682. The molecular weight excluding hydrogens is 298 g/mol. The van der Waals surface area contributed by atoms with Crippen molar-refractivity contribution >= 4 is 17.5 Å². The van der Waals surface area contributed by atoms with Crippen LogP contribution in [0.15, 0.2) is 42.5 Å². The minimum Gasteiger partial charge on any atom is -0.394 e. The zero-order chi connectivity index (χ0) is 16.3. The van der Waals surface area contributed by atoms with Gasteiger partial charge in [-0.3, -0.25) is 4.79 Å². The third-order valence-corrected chi connectivity index (χ3v) is 4.29. The van der Waals surface area contributed by atoms with Crippen molar-refractivity contribution in [1.82, 2.24) is 4.90 Å². The molecule has 0 aliphatic rings. The van der Waals surface area contributed by atoms with Crippen LogP contribution in [0.5, 0.6) is 0 Å². The van der Waals surface area contributed by atoms with Crippen molar-refractivity contribution < 1.29 is 9.90 Å². The molecule has 116 valence electrons. The van der Waals surface area contributed by atoms with Crippen LogP contribution in [0, 0.1) is 6.92 Å². The zero-order valence-electron chi connectivity index (χ0n) is 13.0. The van der Waals surface area contributed by atoms with Crippen LogP contribution in [0.25, 0.3) is 11.1 Å². The molecule has 0 fully saturated rings. The minimum atomic E-state index is -0.203. The van der Waals surface area contributed by atoms with Crippen LogP contribution in [0.2, 0.25) is 5.02 Å². The first-order valence-electron chi connectivity index (χ1n) is 7.18. The van der Waals surface area contributed by atoms with E-state index in [0.29, 0.717) is 5.56 Å². The fourth-order valence-corrected chi connectivity index (χ4v) is 2.27. The third-order valence-electron chi connectivity index (χ3n) is 3.87. The first kappa shape index (κ1) is 16.5. The van der Waals surface area contributed by atoms with E-state index in [0.717, 1.165) is 21.7 Å². The van der Waals surface area contributed by atoms with Crippen molar-refractivity contribution in [3.8, 4) is 11.1 Å². The van der Waals surface area contributed by atoms with Gasteiger partial charge in [0.1, 0.15) is 0 Å². The quantitative estimate of drug-likeness (QED) is 0.932. The van der Waals surface area contributed by atoms with Crippen LogP contribution in [0.3, 0.4) is 0 Å². The van der Waals surface area contributed by atoms with Crippen LogP contribution in [-0.2, 0) is 0 Å². The highest BCUT2D eigenvalue weighted by Gasteiger charge is 2.16. The molecule has 0 aromatic heterocycles. The molecule has 0 saturated carbocycles. The van der Waals surface area contributed by atoms with Crippen molar-refractivity contribution in [3.63, 3.8) is 0 Å². The van der Waals surface area contributed by atoms with Gasteiger partial charge in [0.25, 0.3) is 5.91 Å².